The van der Waals surface area contributed by atoms with E-state index in [9.17, 15) is 4.79 Å². The van der Waals surface area contributed by atoms with Crippen LogP contribution in [0.3, 0.4) is 0 Å². The standard InChI is InChI=1S/C21H18O2S.5Y/c22-21(18-9-5-2-6-10-18)23-19-14-13-17(20(24)15-19)12-11-16-7-3-1-4-8-16;;;;;/h1,3-4,7,14-15,18,24H,2,5-6,9-10H2;;;;;/q-2;;;;;/p-1. The molecule has 5 radical (unpaired) electrons. The zero-order valence-corrected chi connectivity index (χ0v) is 31.2. The summed E-state index contributed by atoms with van der Waals surface area (Å²) in [5.74, 6) is 6.30. The van der Waals surface area contributed by atoms with Crippen LogP contribution in [0.25, 0.3) is 0 Å². The third kappa shape index (κ3) is 13.0. The molecule has 0 atom stereocenters. The number of benzene rings is 2. The molecular formula is C21H17O2SY5-3. The predicted octanol–water partition coefficient (Wildman–Crippen LogP) is 4.07. The molecule has 0 bridgehead atoms. The summed E-state index contributed by atoms with van der Waals surface area (Å²) in [6.45, 7) is 0. The van der Waals surface area contributed by atoms with Crippen molar-refractivity contribution in [2.45, 2.75) is 37.0 Å². The topological polar surface area (TPSA) is 26.3 Å². The van der Waals surface area contributed by atoms with Gasteiger partial charge in [-0.2, -0.15) is 0 Å². The van der Waals surface area contributed by atoms with Gasteiger partial charge in [-0.05, 0) is 12.8 Å². The SMILES string of the molecule is O=C(Oc1c[c-]c(C#Cc2[c-]cccc2)c([S-])c1)C1CCCCC1.[Y].[Y].[Y].[Y].[Y]. The summed E-state index contributed by atoms with van der Waals surface area (Å²) in [6, 6.07) is 16.9. The average molecular weight is 778 g/mol. The van der Waals surface area contributed by atoms with Crippen molar-refractivity contribution in [2.75, 3.05) is 0 Å². The predicted molar refractivity (Wildman–Crippen MR) is 94.4 cm³/mol. The van der Waals surface area contributed by atoms with Crippen LogP contribution in [0.5, 0.6) is 5.75 Å². The number of ether oxygens (including phenoxy) is 1. The Morgan fingerprint density at radius 1 is 1.00 bits per heavy atom. The summed E-state index contributed by atoms with van der Waals surface area (Å²) in [5, 5.41) is 0. The van der Waals surface area contributed by atoms with E-state index in [1.165, 1.54) is 6.42 Å². The molecular weight excluding hydrogens is 761 g/mol. The molecule has 8 heteroatoms. The van der Waals surface area contributed by atoms with Crippen LogP contribution in [0.1, 0.15) is 43.2 Å². The van der Waals surface area contributed by atoms with Gasteiger partial charge in [0.25, 0.3) is 0 Å². The fourth-order valence-corrected chi connectivity index (χ4v) is 2.98. The van der Waals surface area contributed by atoms with Crippen LogP contribution >= 0.6 is 0 Å². The monoisotopic (exact) mass is 778 g/mol. The Bertz CT molecular complexity index is 785. The summed E-state index contributed by atoms with van der Waals surface area (Å²) >= 11 is 5.33. The molecule has 2 aromatic rings. The Morgan fingerprint density at radius 3 is 2.28 bits per heavy atom. The molecule has 0 amide bonds. The molecule has 2 aromatic carbocycles. The van der Waals surface area contributed by atoms with Crippen LogP contribution in [-0.2, 0) is 181 Å². The van der Waals surface area contributed by atoms with Crippen LogP contribution in [0.2, 0.25) is 0 Å². The molecule has 0 N–H and O–H groups in total. The van der Waals surface area contributed by atoms with E-state index in [2.05, 4.69) is 24.0 Å². The molecule has 1 aliphatic carbocycles. The molecule has 0 heterocycles. The first-order valence-corrected chi connectivity index (χ1v) is 8.56. The van der Waals surface area contributed by atoms with Gasteiger partial charge in [0.05, 0.1) is 5.92 Å². The molecule has 137 valence electrons. The van der Waals surface area contributed by atoms with E-state index in [0.29, 0.717) is 16.2 Å². The van der Waals surface area contributed by atoms with Gasteiger partial charge in [0.15, 0.2) is 0 Å². The summed E-state index contributed by atoms with van der Waals surface area (Å²) in [7, 11) is 0. The zero-order chi connectivity index (χ0) is 16.8. The van der Waals surface area contributed by atoms with E-state index in [0.717, 1.165) is 31.2 Å². The molecule has 1 fully saturated rings. The first-order valence-electron chi connectivity index (χ1n) is 8.15. The minimum absolute atomic E-state index is 0. The van der Waals surface area contributed by atoms with Gasteiger partial charge >= 0.3 is 5.97 Å². The van der Waals surface area contributed by atoms with Crippen molar-refractivity contribution in [3.63, 3.8) is 0 Å². The van der Waals surface area contributed by atoms with Crippen molar-refractivity contribution in [3.05, 3.63) is 59.7 Å². The van der Waals surface area contributed by atoms with Crippen LogP contribution in [-0.4, -0.2) is 5.97 Å². The Hall–Kier alpha value is 3.21. The van der Waals surface area contributed by atoms with Gasteiger partial charge < -0.3 is 17.4 Å². The first-order chi connectivity index (χ1) is 11.7. The number of hydrogen-bond acceptors (Lipinski definition) is 3. The Balaban J connectivity index is -0.00000135. The summed E-state index contributed by atoms with van der Waals surface area (Å²) in [6.07, 6.45) is 5.24. The van der Waals surface area contributed by atoms with E-state index in [1.54, 1.807) is 12.1 Å². The van der Waals surface area contributed by atoms with Crippen LogP contribution in [0.4, 0.5) is 0 Å². The molecule has 2 nitrogen and oxygen atoms in total. The second kappa shape index (κ2) is 20.6. The molecule has 1 saturated carbocycles. The normalized spacial score (nSPS) is 12.0. The maximum Gasteiger partial charge on any atom is 0.305 e. The molecule has 0 aliphatic heterocycles. The minimum atomic E-state index is -0.157. The maximum atomic E-state index is 12.2. The van der Waals surface area contributed by atoms with Crippen molar-refractivity contribution in [3.8, 4) is 17.6 Å². The Labute approximate surface area is 305 Å². The van der Waals surface area contributed by atoms with Crippen LogP contribution < -0.4 is 4.74 Å². The van der Waals surface area contributed by atoms with E-state index in [1.807, 2.05) is 24.3 Å². The fraction of sp³-hybridized carbons (Fsp3) is 0.286. The molecule has 0 unspecified atom stereocenters. The summed E-state index contributed by atoms with van der Waals surface area (Å²) < 4.78 is 5.46. The number of carbonyl (C=O) groups is 1. The van der Waals surface area contributed by atoms with Crippen LogP contribution in [0.15, 0.2) is 41.3 Å². The molecule has 0 saturated heterocycles. The Kier molecular flexibility index (Phi) is 26.1. The molecule has 1 aliphatic rings. The van der Waals surface area contributed by atoms with Gasteiger partial charge in [0.1, 0.15) is 0 Å². The number of hydrogen-bond donors (Lipinski definition) is 0. The smallest absolute Gasteiger partial charge is 0.305 e. The number of esters is 1. The van der Waals surface area contributed by atoms with E-state index in [4.69, 9.17) is 17.4 Å². The van der Waals surface area contributed by atoms with Crippen molar-refractivity contribution in [1.82, 2.24) is 0 Å². The second-order valence-electron chi connectivity index (χ2n) is 5.86. The first kappa shape index (κ1) is 36.8. The van der Waals surface area contributed by atoms with Gasteiger partial charge in [-0.3, -0.25) is 9.69 Å². The fourth-order valence-electron chi connectivity index (χ4n) is 2.75. The molecule has 3 rings (SSSR count). The van der Waals surface area contributed by atoms with Gasteiger partial charge in [-0.1, -0.05) is 19.3 Å². The maximum absolute atomic E-state index is 12.2. The van der Waals surface area contributed by atoms with Crippen LogP contribution in [0, 0.1) is 29.9 Å². The van der Waals surface area contributed by atoms with E-state index in [-0.39, 0.29) is 175 Å². The average Bonchev–Trinajstić information content (AvgIpc) is 2.62. The third-order valence-electron chi connectivity index (χ3n) is 4.07. The van der Waals surface area contributed by atoms with Crippen molar-refractivity contribution in [2.24, 2.45) is 5.92 Å². The van der Waals surface area contributed by atoms with E-state index < -0.39 is 0 Å². The van der Waals surface area contributed by atoms with Gasteiger partial charge in [-0.25, -0.2) is 11.8 Å². The number of carbonyl (C=O) groups excluding carboxylic acids is 1. The van der Waals surface area contributed by atoms with Crippen molar-refractivity contribution < 1.29 is 173 Å². The van der Waals surface area contributed by atoms with Gasteiger partial charge in [0, 0.05) is 169 Å². The zero-order valence-electron chi connectivity index (χ0n) is 16.2. The van der Waals surface area contributed by atoms with Gasteiger partial charge in [0.2, 0.25) is 0 Å². The second-order valence-corrected chi connectivity index (χ2v) is 6.30. The number of rotatable bonds is 2. The Morgan fingerprint density at radius 2 is 1.69 bits per heavy atom. The largest absolute Gasteiger partial charge is 0.839 e. The minimum Gasteiger partial charge on any atom is -0.839 e. The molecule has 0 spiro atoms. The quantitative estimate of drug-likeness (QED) is 0.152. The van der Waals surface area contributed by atoms with Gasteiger partial charge in [-0.15, -0.1) is 59.7 Å². The molecule has 0 aromatic heterocycles. The van der Waals surface area contributed by atoms with E-state index >= 15 is 0 Å². The third-order valence-corrected chi connectivity index (χ3v) is 4.39. The summed E-state index contributed by atoms with van der Waals surface area (Å²) in [4.78, 5) is 12.7. The van der Waals surface area contributed by atoms with Crippen molar-refractivity contribution in [1.29, 1.82) is 0 Å². The van der Waals surface area contributed by atoms with Crippen molar-refractivity contribution >= 4 is 18.6 Å². The molecule has 29 heavy (non-hydrogen) atoms. The summed E-state index contributed by atoms with van der Waals surface area (Å²) in [5.41, 5.74) is 1.42.